The molecule has 0 aliphatic heterocycles. The highest BCUT2D eigenvalue weighted by Crippen LogP contribution is 2.24. The highest BCUT2D eigenvalue weighted by atomic mass is 35.5. The van der Waals surface area contributed by atoms with Crippen molar-refractivity contribution in [1.82, 2.24) is 19.7 Å². The molecule has 0 bridgehead atoms. The molecule has 0 radical (unpaired) electrons. The Morgan fingerprint density at radius 3 is 3.06 bits per heavy atom. The first-order valence-electron chi connectivity index (χ1n) is 5.13. The van der Waals surface area contributed by atoms with Crippen LogP contribution < -0.4 is 5.73 Å². The number of rotatable bonds is 2. The second-order valence-corrected chi connectivity index (χ2v) is 4.21. The Bertz CT molecular complexity index is 656. The number of halogens is 1. The standard InChI is InChI=1S/C11H10ClN5/c12-7-4-8(13)11-9(5-7)15-10(16-11)6-17-3-1-2-14-17/h1-5H,6,13H2,(H,15,16). The Morgan fingerprint density at radius 1 is 1.41 bits per heavy atom. The number of H-pyrrole nitrogens is 1. The van der Waals surface area contributed by atoms with Crippen LogP contribution in [-0.2, 0) is 6.54 Å². The Balaban J connectivity index is 2.05. The molecule has 17 heavy (non-hydrogen) atoms. The van der Waals surface area contributed by atoms with Gasteiger partial charge in [-0.1, -0.05) is 11.6 Å². The van der Waals surface area contributed by atoms with Crippen molar-refractivity contribution in [2.75, 3.05) is 5.73 Å². The molecule has 86 valence electrons. The largest absolute Gasteiger partial charge is 0.397 e. The van der Waals surface area contributed by atoms with Crippen molar-refractivity contribution in [1.29, 1.82) is 0 Å². The van der Waals surface area contributed by atoms with Crippen LogP contribution in [0.1, 0.15) is 5.82 Å². The van der Waals surface area contributed by atoms with Crippen molar-refractivity contribution in [3.05, 3.63) is 41.4 Å². The molecule has 0 aliphatic carbocycles. The van der Waals surface area contributed by atoms with Crippen molar-refractivity contribution in [2.45, 2.75) is 6.54 Å². The highest BCUT2D eigenvalue weighted by molar-refractivity contribution is 6.31. The van der Waals surface area contributed by atoms with E-state index < -0.39 is 0 Å². The number of hydrogen-bond acceptors (Lipinski definition) is 3. The maximum Gasteiger partial charge on any atom is 0.129 e. The van der Waals surface area contributed by atoms with E-state index in [0.717, 1.165) is 16.9 Å². The van der Waals surface area contributed by atoms with Gasteiger partial charge in [-0.05, 0) is 18.2 Å². The molecule has 6 heteroatoms. The molecule has 2 aromatic heterocycles. The van der Waals surface area contributed by atoms with Crippen molar-refractivity contribution in [3.63, 3.8) is 0 Å². The van der Waals surface area contributed by atoms with Gasteiger partial charge in [0, 0.05) is 17.4 Å². The third kappa shape index (κ3) is 1.85. The first-order valence-corrected chi connectivity index (χ1v) is 5.51. The fourth-order valence-corrected chi connectivity index (χ4v) is 2.01. The lowest BCUT2D eigenvalue weighted by molar-refractivity contribution is 0.663. The second kappa shape index (κ2) is 3.78. The van der Waals surface area contributed by atoms with Gasteiger partial charge in [0.05, 0.1) is 17.7 Å². The van der Waals surface area contributed by atoms with Crippen molar-refractivity contribution in [3.8, 4) is 0 Å². The maximum atomic E-state index is 5.93. The summed E-state index contributed by atoms with van der Waals surface area (Å²) >= 11 is 5.93. The molecule has 0 saturated carbocycles. The summed E-state index contributed by atoms with van der Waals surface area (Å²) in [6.45, 7) is 0.582. The van der Waals surface area contributed by atoms with Gasteiger partial charge in [-0.15, -0.1) is 0 Å². The third-order valence-corrected chi connectivity index (χ3v) is 2.72. The lowest BCUT2D eigenvalue weighted by atomic mass is 10.3. The second-order valence-electron chi connectivity index (χ2n) is 3.78. The molecule has 0 unspecified atom stereocenters. The van der Waals surface area contributed by atoms with E-state index in [1.165, 1.54) is 0 Å². The van der Waals surface area contributed by atoms with Crippen LogP contribution in [0.4, 0.5) is 5.69 Å². The van der Waals surface area contributed by atoms with Crippen LogP contribution in [0, 0.1) is 0 Å². The predicted molar refractivity (Wildman–Crippen MR) is 66.8 cm³/mol. The number of hydrogen-bond donors (Lipinski definition) is 2. The molecule has 3 rings (SSSR count). The summed E-state index contributed by atoms with van der Waals surface area (Å²) in [4.78, 5) is 7.61. The zero-order valence-electron chi connectivity index (χ0n) is 8.89. The van der Waals surface area contributed by atoms with E-state index >= 15 is 0 Å². The SMILES string of the molecule is Nc1cc(Cl)cc2[nH]c(Cn3cccn3)nc12. The molecule has 0 fully saturated rings. The zero-order valence-corrected chi connectivity index (χ0v) is 9.65. The lowest BCUT2D eigenvalue weighted by Gasteiger charge is -1.95. The number of aromatic nitrogens is 4. The van der Waals surface area contributed by atoms with E-state index in [1.54, 1.807) is 16.9 Å². The first-order chi connectivity index (χ1) is 8.22. The quantitative estimate of drug-likeness (QED) is 0.681. The number of aromatic amines is 1. The minimum absolute atomic E-state index is 0.579. The molecule has 0 atom stereocenters. The van der Waals surface area contributed by atoms with Gasteiger partial charge >= 0.3 is 0 Å². The number of nitrogens with two attached hydrogens (primary N) is 1. The summed E-state index contributed by atoms with van der Waals surface area (Å²) in [7, 11) is 0. The van der Waals surface area contributed by atoms with Crippen LogP contribution in [-0.4, -0.2) is 19.7 Å². The van der Waals surface area contributed by atoms with Crippen LogP contribution in [0.2, 0.25) is 5.02 Å². The molecule has 3 N–H and O–H groups in total. The van der Waals surface area contributed by atoms with Crippen LogP contribution in [0.5, 0.6) is 0 Å². The smallest absolute Gasteiger partial charge is 0.129 e. The highest BCUT2D eigenvalue weighted by Gasteiger charge is 2.07. The summed E-state index contributed by atoms with van der Waals surface area (Å²) in [6, 6.07) is 5.38. The number of nitrogens with one attached hydrogen (secondary N) is 1. The number of benzene rings is 1. The molecular formula is C11H10ClN5. The minimum atomic E-state index is 0.579. The number of anilines is 1. The average Bonchev–Trinajstić information content (AvgIpc) is 2.87. The summed E-state index contributed by atoms with van der Waals surface area (Å²) in [5.74, 6) is 0.803. The summed E-state index contributed by atoms with van der Waals surface area (Å²) < 4.78 is 1.79. The van der Waals surface area contributed by atoms with Crippen molar-refractivity contribution >= 4 is 28.3 Å². The molecular weight excluding hydrogens is 238 g/mol. The van der Waals surface area contributed by atoms with Gasteiger partial charge in [-0.2, -0.15) is 5.10 Å². The van der Waals surface area contributed by atoms with Gasteiger partial charge in [0.15, 0.2) is 0 Å². The molecule has 0 aliphatic rings. The fourth-order valence-electron chi connectivity index (χ4n) is 1.78. The zero-order chi connectivity index (χ0) is 11.8. The maximum absolute atomic E-state index is 5.93. The van der Waals surface area contributed by atoms with E-state index in [1.807, 2.05) is 18.3 Å². The van der Waals surface area contributed by atoms with E-state index in [0.29, 0.717) is 17.3 Å². The Labute approximate surface area is 102 Å². The van der Waals surface area contributed by atoms with Crippen LogP contribution in [0.25, 0.3) is 11.0 Å². The minimum Gasteiger partial charge on any atom is -0.397 e. The summed E-state index contributed by atoms with van der Waals surface area (Å²) in [5.41, 5.74) is 8.02. The first kappa shape index (κ1) is 10.2. The average molecular weight is 248 g/mol. The summed E-state index contributed by atoms with van der Waals surface area (Å²) in [5, 5.41) is 4.72. The number of nitrogens with zero attached hydrogens (tertiary/aromatic N) is 3. The third-order valence-electron chi connectivity index (χ3n) is 2.50. The molecule has 0 amide bonds. The summed E-state index contributed by atoms with van der Waals surface area (Å²) in [6.07, 6.45) is 3.61. The van der Waals surface area contributed by atoms with Gasteiger partial charge in [0.2, 0.25) is 0 Å². The fraction of sp³-hybridized carbons (Fsp3) is 0.0909. The molecule has 5 nitrogen and oxygen atoms in total. The normalized spacial score (nSPS) is 11.1. The molecule has 1 aromatic carbocycles. The van der Waals surface area contributed by atoms with Crippen LogP contribution >= 0.6 is 11.6 Å². The van der Waals surface area contributed by atoms with Gasteiger partial charge < -0.3 is 10.7 Å². The predicted octanol–water partition coefficient (Wildman–Crippen LogP) is 2.04. The van der Waals surface area contributed by atoms with Crippen LogP contribution in [0.3, 0.4) is 0 Å². The van der Waals surface area contributed by atoms with Gasteiger partial charge in [-0.25, -0.2) is 4.98 Å². The Kier molecular flexibility index (Phi) is 2.26. The molecule has 3 aromatic rings. The van der Waals surface area contributed by atoms with E-state index in [9.17, 15) is 0 Å². The van der Waals surface area contributed by atoms with Crippen LogP contribution in [0.15, 0.2) is 30.6 Å². The monoisotopic (exact) mass is 247 g/mol. The molecule has 0 saturated heterocycles. The van der Waals surface area contributed by atoms with E-state index in [2.05, 4.69) is 15.1 Å². The molecule has 0 spiro atoms. The topological polar surface area (TPSA) is 72.5 Å². The van der Waals surface area contributed by atoms with Gasteiger partial charge in [0.1, 0.15) is 11.3 Å². The van der Waals surface area contributed by atoms with Gasteiger partial charge in [0.25, 0.3) is 0 Å². The Hall–Kier alpha value is -2.01. The number of fused-ring (bicyclic) bond motifs is 1. The molecule has 2 heterocycles. The van der Waals surface area contributed by atoms with E-state index in [-0.39, 0.29) is 0 Å². The number of imidazole rings is 1. The van der Waals surface area contributed by atoms with Crippen molar-refractivity contribution < 1.29 is 0 Å². The van der Waals surface area contributed by atoms with E-state index in [4.69, 9.17) is 17.3 Å². The number of nitrogen functional groups attached to an aromatic ring is 1. The Morgan fingerprint density at radius 2 is 2.29 bits per heavy atom. The van der Waals surface area contributed by atoms with Crippen molar-refractivity contribution in [2.24, 2.45) is 0 Å². The lowest BCUT2D eigenvalue weighted by Crippen LogP contribution is -2.01. The van der Waals surface area contributed by atoms with Gasteiger partial charge in [-0.3, -0.25) is 4.68 Å².